The SMILES string of the molecule is N#Cc1ccccc1NC(=O)c1cc2ccccc2nn1. The van der Waals surface area contributed by atoms with Crippen LogP contribution < -0.4 is 5.32 Å². The second kappa shape index (κ2) is 5.39. The van der Waals surface area contributed by atoms with Crippen molar-refractivity contribution in [1.82, 2.24) is 10.2 Å². The van der Waals surface area contributed by atoms with E-state index in [1.807, 2.05) is 30.3 Å². The van der Waals surface area contributed by atoms with Crippen LogP contribution in [0.5, 0.6) is 0 Å². The van der Waals surface area contributed by atoms with Gasteiger partial charge in [-0.2, -0.15) is 5.26 Å². The van der Waals surface area contributed by atoms with Crippen molar-refractivity contribution < 1.29 is 4.79 Å². The number of nitriles is 1. The lowest BCUT2D eigenvalue weighted by Crippen LogP contribution is -2.15. The quantitative estimate of drug-likeness (QED) is 0.779. The first-order valence-corrected chi connectivity index (χ1v) is 6.31. The van der Waals surface area contributed by atoms with Crippen molar-refractivity contribution in [3.63, 3.8) is 0 Å². The standard InChI is InChI=1S/C16H10N4O/c17-10-12-6-2-3-7-13(12)18-16(21)15-9-11-5-1-4-8-14(11)19-20-15/h1-9H,(H,18,21). The molecule has 0 fully saturated rings. The molecule has 0 bridgehead atoms. The Labute approximate surface area is 120 Å². The van der Waals surface area contributed by atoms with Gasteiger partial charge in [0.25, 0.3) is 5.91 Å². The number of carbonyl (C=O) groups is 1. The average molecular weight is 274 g/mol. The van der Waals surface area contributed by atoms with Gasteiger partial charge >= 0.3 is 0 Å². The molecule has 0 saturated heterocycles. The molecule has 1 aromatic heterocycles. The summed E-state index contributed by atoms with van der Waals surface area (Å²) in [6.45, 7) is 0. The predicted molar refractivity (Wildman–Crippen MR) is 78.6 cm³/mol. The molecular weight excluding hydrogens is 264 g/mol. The summed E-state index contributed by atoms with van der Waals surface area (Å²) in [5, 5.41) is 20.5. The monoisotopic (exact) mass is 274 g/mol. The van der Waals surface area contributed by atoms with Gasteiger partial charge in [0.05, 0.1) is 16.8 Å². The van der Waals surface area contributed by atoms with Crippen LogP contribution in [0.3, 0.4) is 0 Å². The number of fused-ring (bicyclic) bond motifs is 1. The van der Waals surface area contributed by atoms with Crippen molar-refractivity contribution in [3.05, 3.63) is 65.9 Å². The van der Waals surface area contributed by atoms with Crippen LogP contribution in [0, 0.1) is 11.3 Å². The van der Waals surface area contributed by atoms with E-state index in [0.29, 0.717) is 11.3 Å². The van der Waals surface area contributed by atoms with E-state index in [1.54, 1.807) is 30.3 Å². The molecule has 3 rings (SSSR count). The fourth-order valence-electron chi connectivity index (χ4n) is 1.97. The molecule has 1 heterocycles. The highest BCUT2D eigenvalue weighted by molar-refractivity contribution is 6.04. The Balaban J connectivity index is 1.92. The topological polar surface area (TPSA) is 78.7 Å². The molecule has 2 aromatic carbocycles. The van der Waals surface area contributed by atoms with Crippen LogP contribution in [0.25, 0.3) is 10.9 Å². The van der Waals surface area contributed by atoms with Crippen molar-refractivity contribution in [2.24, 2.45) is 0 Å². The number of hydrogen-bond donors (Lipinski definition) is 1. The van der Waals surface area contributed by atoms with Gasteiger partial charge in [-0.25, -0.2) is 0 Å². The fraction of sp³-hybridized carbons (Fsp3) is 0. The molecule has 1 N–H and O–H groups in total. The Morgan fingerprint density at radius 2 is 1.81 bits per heavy atom. The predicted octanol–water partition coefficient (Wildman–Crippen LogP) is 2.75. The first-order valence-electron chi connectivity index (χ1n) is 6.31. The van der Waals surface area contributed by atoms with E-state index in [2.05, 4.69) is 15.5 Å². The lowest BCUT2D eigenvalue weighted by atomic mass is 10.2. The zero-order valence-electron chi connectivity index (χ0n) is 10.9. The summed E-state index contributed by atoms with van der Waals surface area (Å²) in [4.78, 5) is 12.2. The second-order valence-electron chi connectivity index (χ2n) is 4.40. The zero-order valence-corrected chi connectivity index (χ0v) is 10.9. The van der Waals surface area contributed by atoms with Gasteiger partial charge in [-0.3, -0.25) is 4.79 Å². The van der Waals surface area contributed by atoms with E-state index in [-0.39, 0.29) is 5.69 Å². The molecule has 21 heavy (non-hydrogen) atoms. The number of hydrogen-bond acceptors (Lipinski definition) is 4. The van der Waals surface area contributed by atoms with Gasteiger partial charge in [0.1, 0.15) is 6.07 Å². The molecule has 5 heteroatoms. The molecule has 0 aliphatic heterocycles. The first kappa shape index (κ1) is 12.8. The van der Waals surface area contributed by atoms with Gasteiger partial charge in [0.2, 0.25) is 0 Å². The summed E-state index contributed by atoms with van der Waals surface area (Å²) in [6, 6.07) is 17.9. The van der Waals surface area contributed by atoms with Gasteiger partial charge < -0.3 is 5.32 Å². The zero-order chi connectivity index (χ0) is 14.7. The van der Waals surface area contributed by atoms with E-state index in [9.17, 15) is 4.79 Å². The van der Waals surface area contributed by atoms with Crippen LogP contribution >= 0.6 is 0 Å². The third kappa shape index (κ3) is 2.55. The minimum atomic E-state index is -0.393. The number of amides is 1. The summed E-state index contributed by atoms with van der Waals surface area (Å²) in [7, 11) is 0. The average Bonchev–Trinajstić information content (AvgIpc) is 2.55. The largest absolute Gasteiger partial charge is 0.319 e. The summed E-state index contributed by atoms with van der Waals surface area (Å²) in [6.07, 6.45) is 0. The minimum Gasteiger partial charge on any atom is -0.319 e. The number of benzene rings is 2. The highest BCUT2D eigenvalue weighted by Crippen LogP contribution is 2.16. The number of carbonyl (C=O) groups excluding carboxylic acids is 1. The number of anilines is 1. The number of rotatable bonds is 2. The maximum atomic E-state index is 12.2. The second-order valence-corrected chi connectivity index (χ2v) is 4.40. The molecule has 1 amide bonds. The minimum absolute atomic E-state index is 0.210. The Kier molecular flexibility index (Phi) is 3.27. The first-order chi connectivity index (χ1) is 10.3. The fourth-order valence-corrected chi connectivity index (χ4v) is 1.97. The molecule has 5 nitrogen and oxygen atoms in total. The summed E-state index contributed by atoms with van der Waals surface area (Å²) >= 11 is 0. The van der Waals surface area contributed by atoms with Crippen LogP contribution in [0.15, 0.2) is 54.6 Å². The summed E-state index contributed by atoms with van der Waals surface area (Å²) in [5.41, 5.74) is 1.80. The van der Waals surface area contributed by atoms with Gasteiger partial charge in [-0.15, -0.1) is 10.2 Å². The normalized spacial score (nSPS) is 10.0. The van der Waals surface area contributed by atoms with Crippen LogP contribution in [-0.4, -0.2) is 16.1 Å². The van der Waals surface area contributed by atoms with E-state index in [1.165, 1.54) is 0 Å². The van der Waals surface area contributed by atoms with Gasteiger partial charge in [0.15, 0.2) is 5.69 Å². The third-order valence-corrected chi connectivity index (χ3v) is 3.02. The van der Waals surface area contributed by atoms with E-state index in [0.717, 1.165) is 10.9 Å². The molecule has 0 unspecified atom stereocenters. The van der Waals surface area contributed by atoms with Crippen molar-refractivity contribution in [1.29, 1.82) is 5.26 Å². The van der Waals surface area contributed by atoms with E-state index < -0.39 is 5.91 Å². The molecule has 0 radical (unpaired) electrons. The van der Waals surface area contributed by atoms with Crippen LogP contribution in [0.1, 0.15) is 16.1 Å². The summed E-state index contributed by atoms with van der Waals surface area (Å²) in [5.74, 6) is -0.393. The van der Waals surface area contributed by atoms with Crippen molar-refractivity contribution in [3.8, 4) is 6.07 Å². The van der Waals surface area contributed by atoms with Crippen LogP contribution in [-0.2, 0) is 0 Å². The molecular formula is C16H10N4O. The maximum absolute atomic E-state index is 12.2. The maximum Gasteiger partial charge on any atom is 0.276 e. The van der Waals surface area contributed by atoms with Crippen LogP contribution in [0.4, 0.5) is 5.69 Å². The smallest absolute Gasteiger partial charge is 0.276 e. The molecule has 0 atom stereocenters. The Morgan fingerprint density at radius 3 is 2.67 bits per heavy atom. The highest BCUT2D eigenvalue weighted by atomic mass is 16.1. The van der Waals surface area contributed by atoms with Crippen molar-refractivity contribution in [2.75, 3.05) is 5.32 Å². The molecule has 0 aliphatic carbocycles. The lowest BCUT2D eigenvalue weighted by molar-refractivity contribution is 0.102. The van der Waals surface area contributed by atoms with Crippen molar-refractivity contribution >= 4 is 22.5 Å². The number of para-hydroxylation sites is 1. The molecule has 0 saturated carbocycles. The van der Waals surface area contributed by atoms with Crippen molar-refractivity contribution in [2.45, 2.75) is 0 Å². The molecule has 0 spiro atoms. The number of nitrogens with one attached hydrogen (secondary N) is 1. The van der Waals surface area contributed by atoms with Gasteiger partial charge in [-0.1, -0.05) is 30.3 Å². The highest BCUT2D eigenvalue weighted by Gasteiger charge is 2.11. The molecule has 0 aliphatic rings. The number of aromatic nitrogens is 2. The lowest BCUT2D eigenvalue weighted by Gasteiger charge is -2.06. The Hall–Kier alpha value is -3.26. The molecule has 100 valence electrons. The summed E-state index contributed by atoms with van der Waals surface area (Å²) < 4.78 is 0. The van der Waals surface area contributed by atoms with E-state index >= 15 is 0 Å². The Morgan fingerprint density at radius 1 is 1.05 bits per heavy atom. The number of nitrogens with zero attached hydrogens (tertiary/aromatic N) is 3. The van der Waals surface area contributed by atoms with E-state index in [4.69, 9.17) is 5.26 Å². The Bertz CT molecular complexity index is 867. The third-order valence-electron chi connectivity index (χ3n) is 3.02. The van der Waals surface area contributed by atoms with Crippen LogP contribution in [0.2, 0.25) is 0 Å². The van der Waals surface area contributed by atoms with Gasteiger partial charge in [0, 0.05) is 5.39 Å². The molecule has 3 aromatic rings. The van der Waals surface area contributed by atoms with Gasteiger partial charge in [-0.05, 0) is 24.3 Å².